The highest BCUT2D eigenvalue weighted by molar-refractivity contribution is 5.81. The maximum atomic E-state index is 2.25. The number of benzene rings is 2. The summed E-state index contributed by atoms with van der Waals surface area (Å²) >= 11 is 0. The monoisotopic (exact) mass is 319 g/mol. The Morgan fingerprint density at radius 3 is 0.957 bits per heavy atom. The molecule has 0 aliphatic rings. The normalized spacial score (nSPS) is 8.26. The van der Waals surface area contributed by atoms with Gasteiger partial charge < -0.3 is 4.90 Å². The van der Waals surface area contributed by atoms with Gasteiger partial charge in [0.15, 0.2) is 0 Å². The second kappa shape index (κ2) is 22.9. The summed E-state index contributed by atoms with van der Waals surface area (Å²) in [5.41, 5.74) is 0. The molecule has 1 heteroatoms. The average Bonchev–Trinajstić information content (AvgIpc) is 2.65. The smallest absolute Gasteiger partial charge is 0.00504 e. The molecule has 1 nitrogen and oxygen atoms in total. The van der Waals surface area contributed by atoms with Crippen molar-refractivity contribution in [1.29, 1.82) is 0 Å². The van der Waals surface area contributed by atoms with E-state index in [0.717, 1.165) is 13.1 Å². The molecule has 2 aromatic carbocycles. The molecule has 0 fully saturated rings. The van der Waals surface area contributed by atoms with E-state index in [0.29, 0.717) is 0 Å². The van der Waals surface area contributed by atoms with E-state index in [1.165, 1.54) is 17.2 Å². The minimum absolute atomic E-state index is 1.16. The molecule has 0 unspecified atom stereocenters. The summed E-state index contributed by atoms with van der Waals surface area (Å²) in [4.78, 5) is 2.25. The lowest BCUT2D eigenvalue weighted by Crippen LogP contribution is -2.15. The fourth-order valence-corrected chi connectivity index (χ4v) is 1.36. The van der Waals surface area contributed by atoms with Gasteiger partial charge in [0.25, 0.3) is 0 Å². The zero-order valence-electron chi connectivity index (χ0n) is 17.2. The molecule has 0 saturated heterocycles. The highest BCUT2D eigenvalue weighted by Gasteiger charge is 1.85. The first-order valence-corrected chi connectivity index (χ1v) is 9.31. The van der Waals surface area contributed by atoms with E-state index >= 15 is 0 Å². The maximum Gasteiger partial charge on any atom is -0.00504 e. The van der Waals surface area contributed by atoms with Crippen LogP contribution in [-0.4, -0.2) is 25.0 Å². The van der Waals surface area contributed by atoms with Gasteiger partial charge in [-0.2, -0.15) is 0 Å². The van der Waals surface area contributed by atoms with Crippen LogP contribution >= 0.6 is 0 Å². The lowest BCUT2D eigenvalue weighted by molar-refractivity contribution is 0.373. The summed E-state index contributed by atoms with van der Waals surface area (Å²) in [6.07, 6.45) is 1.25. The van der Waals surface area contributed by atoms with Crippen molar-refractivity contribution in [1.82, 2.24) is 4.90 Å². The zero-order chi connectivity index (χ0) is 18.5. The van der Waals surface area contributed by atoms with Gasteiger partial charge in [0.1, 0.15) is 0 Å². The zero-order valence-corrected chi connectivity index (χ0v) is 17.2. The summed E-state index contributed by atoms with van der Waals surface area (Å²) in [5.74, 6) is 0. The quantitative estimate of drug-likeness (QED) is 0.562. The van der Waals surface area contributed by atoms with Crippen molar-refractivity contribution in [2.24, 2.45) is 0 Å². The Morgan fingerprint density at radius 2 is 0.826 bits per heavy atom. The molecule has 0 spiro atoms. The molecule has 2 rings (SSSR count). The fourth-order valence-electron chi connectivity index (χ4n) is 1.36. The highest BCUT2D eigenvalue weighted by atomic mass is 15.1. The molecule has 0 atom stereocenters. The number of hydrogen-bond acceptors (Lipinski definition) is 1. The second-order valence-electron chi connectivity index (χ2n) is 4.54. The minimum Gasteiger partial charge on any atom is -0.307 e. The molecule has 0 heterocycles. The lowest BCUT2D eigenvalue weighted by Gasteiger charge is -2.07. The molecule has 0 amide bonds. The van der Waals surface area contributed by atoms with Crippen LogP contribution in [0.3, 0.4) is 0 Å². The summed E-state index contributed by atoms with van der Waals surface area (Å²) in [7, 11) is 2.11. The predicted octanol–water partition coefficient (Wildman–Crippen LogP) is 7.27. The molecule has 2 aromatic rings. The van der Waals surface area contributed by atoms with Crippen LogP contribution in [0.4, 0.5) is 0 Å². The number of nitrogens with zero attached hydrogens (tertiary/aromatic N) is 1. The Hall–Kier alpha value is -1.34. The Labute approximate surface area is 146 Å². The molecular formula is C22H41N. The van der Waals surface area contributed by atoms with E-state index in [-0.39, 0.29) is 0 Å². The van der Waals surface area contributed by atoms with Gasteiger partial charge in [-0.1, -0.05) is 110 Å². The maximum absolute atomic E-state index is 2.25. The Balaban J connectivity index is -0.000000267. The Morgan fingerprint density at radius 1 is 0.609 bits per heavy atom. The van der Waals surface area contributed by atoms with Crippen molar-refractivity contribution >= 4 is 10.8 Å². The first-order chi connectivity index (χ1) is 11.2. The van der Waals surface area contributed by atoms with Gasteiger partial charge in [0.2, 0.25) is 0 Å². The minimum atomic E-state index is 1.16. The molecule has 0 saturated carbocycles. The van der Waals surface area contributed by atoms with Crippen LogP contribution < -0.4 is 0 Å². The van der Waals surface area contributed by atoms with Gasteiger partial charge in [-0.15, -0.1) is 0 Å². The largest absolute Gasteiger partial charge is 0.307 e. The summed E-state index contributed by atoms with van der Waals surface area (Å²) in [6.45, 7) is 18.9. The van der Waals surface area contributed by atoms with Crippen LogP contribution in [0.1, 0.15) is 61.8 Å². The van der Waals surface area contributed by atoms with Gasteiger partial charge in [-0.05, 0) is 30.9 Å². The molecule has 0 aliphatic carbocycles. The van der Waals surface area contributed by atoms with Crippen LogP contribution in [0, 0.1) is 0 Å². The molecule has 23 heavy (non-hydrogen) atoms. The van der Waals surface area contributed by atoms with Crippen molar-refractivity contribution in [3.8, 4) is 0 Å². The average molecular weight is 320 g/mol. The fraction of sp³-hybridized carbons (Fsp3) is 0.545. The third-order valence-electron chi connectivity index (χ3n) is 2.74. The van der Waals surface area contributed by atoms with Crippen LogP contribution in [0.15, 0.2) is 48.5 Å². The first kappa shape index (κ1) is 26.6. The van der Waals surface area contributed by atoms with E-state index < -0.39 is 0 Å². The van der Waals surface area contributed by atoms with Gasteiger partial charge in [0, 0.05) is 0 Å². The van der Waals surface area contributed by atoms with E-state index in [4.69, 9.17) is 0 Å². The van der Waals surface area contributed by atoms with Crippen LogP contribution in [0.5, 0.6) is 0 Å². The van der Waals surface area contributed by atoms with Crippen molar-refractivity contribution in [2.45, 2.75) is 61.8 Å². The van der Waals surface area contributed by atoms with Crippen LogP contribution in [0.25, 0.3) is 10.8 Å². The SMILES string of the molecule is CC.CC.CCC.CCN(C)CC.c1ccc2ccccc2c1. The van der Waals surface area contributed by atoms with Crippen molar-refractivity contribution < 1.29 is 0 Å². The third-order valence-corrected chi connectivity index (χ3v) is 2.74. The number of hydrogen-bond donors (Lipinski definition) is 0. The molecule has 0 aromatic heterocycles. The standard InChI is InChI=1S/C10H8.C5H13N.C3H8.2C2H6/c1-2-6-10-8-4-3-7-9(10)5-1;1-4-6(3)5-2;1-3-2;2*1-2/h1-8H;4-5H2,1-3H3;3H2,1-2H3;2*1-2H3. The lowest BCUT2D eigenvalue weighted by atomic mass is 10.1. The molecule has 134 valence electrons. The number of rotatable bonds is 2. The Bertz CT molecular complexity index is 354. The second-order valence-corrected chi connectivity index (χ2v) is 4.54. The molecule has 0 radical (unpaired) electrons. The summed E-state index contributed by atoms with van der Waals surface area (Å²) in [5, 5.41) is 2.62. The van der Waals surface area contributed by atoms with Gasteiger partial charge >= 0.3 is 0 Å². The highest BCUT2D eigenvalue weighted by Crippen LogP contribution is 2.11. The van der Waals surface area contributed by atoms with Crippen LogP contribution in [-0.2, 0) is 0 Å². The molecule has 0 bridgehead atoms. The molecule has 0 aliphatic heterocycles. The van der Waals surface area contributed by atoms with E-state index in [2.05, 4.69) is 88.2 Å². The van der Waals surface area contributed by atoms with E-state index in [1.807, 2.05) is 27.7 Å². The molecular weight excluding hydrogens is 278 g/mol. The van der Waals surface area contributed by atoms with E-state index in [9.17, 15) is 0 Å². The topological polar surface area (TPSA) is 3.24 Å². The summed E-state index contributed by atoms with van der Waals surface area (Å²) < 4.78 is 0. The van der Waals surface area contributed by atoms with E-state index in [1.54, 1.807) is 0 Å². The first-order valence-electron chi connectivity index (χ1n) is 9.31. The van der Waals surface area contributed by atoms with Gasteiger partial charge in [0.05, 0.1) is 0 Å². The third kappa shape index (κ3) is 16.9. The van der Waals surface area contributed by atoms with Gasteiger partial charge in [-0.25, -0.2) is 0 Å². The Kier molecular flexibility index (Phi) is 26.5. The van der Waals surface area contributed by atoms with Crippen LogP contribution in [0.2, 0.25) is 0 Å². The van der Waals surface area contributed by atoms with Gasteiger partial charge in [-0.3, -0.25) is 0 Å². The van der Waals surface area contributed by atoms with Crippen molar-refractivity contribution in [3.63, 3.8) is 0 Å². The summed E-state index contributed by atoms with van der Waals surface area (Å²) in [6, 6.07) is 16.7. The predicted molar refractivity (Wildman–Crippen MR) is 111 cm³/mol. The molecule has 0 N–H and O–H groups in total. The number of fused-ring (bicyclic) bond motifs is 1. The van der Waals surface area contributed by atoms with Crippen molar-refractivity contribution in [2.75, 3.05) is 20.1 Å². The van der Waals surface area contributed by atoms with Crippen molar-refractivity contribution in [3.05, 3.63) is 48.5 Å².